The molecule has 3 aromatic carbocycles. The van der Waals surface area contributed by atoms with Gasteiger partial charge in [0.1, 0.15) is 24.4 Å². The molecule has 0 spiro atoms. The van der Waals surface area contributed by atoms with Crippen LogP contribution in [0, 0.1) is 0 Å². The van der Waals surface area contributed by atoms with E-state index in [1.54, 1.807) is 41.3 Å². The Kier molecular flexibility index (Phi) is 10.6. The maximum atomic E-state index is 13.7. The van der Waals surface area contributed by atoms with Gasteiger partial charge in [0.2, 0.25) is 5.91 Å². The molecule has 0 aliphatic carbocycles. The van der Waals surface area contributed by atoms with Gasteiger partial charge in [0, 0.05) is 18.5 Å². The molecule has 2 saturated heterocycles. The number of Topliss-reactive ketones (excluding diaryl/α,β-unsaturated/α-hetero) is 1. The number of ketones is 1. The molecule has 0 saturated carbocycles. The number of nitrogens with one attached hydrogen (secondary N) is 1. The van der Waals surface area contributed by atoms with E-state index in [1.807, 2.05) is 30.3 Å². The molecule has 0 bridgehead atoms. The van der Waals surface area contributed by atoms with E-state index in [4.69, 9.17) is 4.74 Å². The second kappa shape index (κ2) is 13.0. The van der Waals surface area contributed by atoms with Crippen LogP contribution in [0.1, 0.15) is 36.2 Å². The van der Waals surface area contributed by atoms with Crippen molar-refractivity contribution >= 4 is 55.4 Å². The molecule has 0 radical (unpaired) electrons. The molecule has 9 heteroatoms. The average molecular weight is 543 g/mol. The van der Waals surface area contributed by atoms with Crippen LogP contribution in [0.25, 0.3) is 10.8 Å². The van der Waals surface area contributed by atoms with Crippen molar-refractivity contribution in [3.63, 3.8) is 0 Å². The third-order valence-corrected chi connectivity index (χ3v) is 6.62. The molecule has 7 nitrogen and oxygen atoms in total. The predicted molar refractivity (Wildman–Crippen MR) is 154 cm³/mol. The summed E-state index contributed by atoms with van der Waals surface area (Å²) in [5, 5.41) is 14.5. The van der Waals surface area contributed by atoms with Gasteiger partial charge in [-0.1, -0.05) is 49.9 Å². The summed E-state index contributed by atoms with van der Waals surface area (Å²) < 4.78 is 5.59. The first-order chi connectivity index (χ1) is 16.5. The second-order valence-corrected chi connectivity index (χ2v) is 8.89. The van der Waals surface area contributed by atoms with E-state index in [1.165, 1.54) is 0 Å². The predicted octanol–water partition coefficient (Wildman–Crippen LogP) is 3.71. The number of hydrogen-bond donors (Lipinski definition) is 2. The largest absolute Gasteiger partial charge is 0.508 e. The van der Waals surface area contributed by atoms with Crippen LogP contribution in [0.3, 0.4) is 0 Å². The third-order valence-electron chi connectivity index (χ3n) is 6.62. The van der Waals surface area contributed by atoms with E-state index < -0.39 is 12.1 Å². The number of benzene rings is 3. The van der Waals surface area contributed by atoms with Gasteiger partial charge < -0.3 is 20.1 Å². The van der Waals surface area contributed by atoms with E-state index in [9.17, 15) is 19.5 Å². The van der Waals surface area contributed by atoms with Gasteiger partial charge in [-0.2, -0.15) is 27.0 Å². The summed E-state index contributed by atoms with van der Waals surface area (Å²) in [5.74, 6) is -0.622. The van der Waals surface area contributed by atoms with Gasteiger partial charge >= 0.3 is 0 Å². The maximum Gasteiger partial charge on any atom is 0.251 e. The van der Waals surface area contributed by atoms with Crippen molar-refractivity contribution in [3.8, 4) is 5.75 Å². The average Bonchev–Trinajstić information content (AvgIpc) is 3.25. The smallest absolute Gasteiger partial charge is 0.251 e. The lowest BCUT2D eigenvalue weighted by Crippen LogP contribution is -2.58. The molecule has 2 aliphatic rings. The first-order valence-electron chi connectivity index (χ1n) is 11.5. The number of hydrogen-bond acceptors (Lipinski definition) is 5. The molecular weight excluding hydrogens is 508 g/mol. The summed E-state index contributed by atoms with van der Waals surface area (Å²) in [7, 11) is 0. The molecular formula is C28H34N2O5S2. The van der Waals surface area contributed by atoms with Crippen molar-refractivity contribution in [2.24, 2.45) is 0 Å². The Labute approximate surface area is 231 Å². The first-order valence-corrected chi connectivity index (χ1v) is 11.5. The molecule has 2 aliphatic heterocycles. The molecule has 0 aromatic heterocycles. The van der Waals surface area contributed by atoms with E-state index in [2.05, 4.69) is 5.32 Å². The van der Waals surface area contributed by atoms with Crippen molar-refractivity contribution in [2.45, 2.75) is 44.9 Å². The van der Waals surface area contributed by atoms with Gasteiger partial charge in [-0.25, -0.2) is 0 Å². The molecule has 2 heterocycles. The Morgan fingerprint density at radius 1 is 1.03 bits per heavy atom. The van der Waals surface area contributed by atoms with Crippen LogP contribution in [0.15, 0.2) is 66.7 Å². The van der Waals surface area contributed by atoms with Crippen LogP contribution in [0.4, 0.5) is 0 Å². The minimum atomic E-state index is -0.865. The fourth-order valence-corrected chi connectivity index (χ4v) is 4.88. The van der Waals surface area contributed by atoms with Crippen LogP contribution in [-0.4, -0.2) is 58.9 Å². The molecule has 2 amide bonds. The Balaban J connectivity index is 0.00000160. The van der Waals surface area contributed by atoms with Gasteiger partial charge in [0.25, 0.3) is 5.91 Å². The topological polar surface area (TPSA) is 95.9 Å². The lowest BCUT2D eigenvalue weighted by Gasteiger charge is -2.37. The summed E-state index contributed by atoms with van der Waals surface area (Å²) in [6.45, 7) is 0.470. The van der Waals surface area contributed by atoms with Crippen molar-refractivity contribution < 1.29 is 24.2 Å². The zero-order valence-electron chi connectivity index (χ0n) is 19.6. The summed E-state index contributed by atoms with van der Waals surface area (Å²) in [5.41, 5.74) is 1.25. The van der Waals surface area contributed by atoms with Crippen LogP contribution < -0.4 is 5.32 Å². The number of nitrogens with zero attached hydrogens (tertiary/aromatic N) is 1. The second-order valence-electron chi connectivity index (χ2n) is 8.89. The molecule has 0 unspecified atom stereocenters. The van der Waals surface area contributed by atoms with Gasteiger partial charge in [-0.05, 0) is 53.4 Å². The zero-order chi connectivity index (χ0) is 23.7. The number of rotatable bonds is 5. The molecule has 3 aromatic rings. The number of likely N-dealkylation sites (tertiary alicyclic amines) is 1. The molecule has 2 N–H and O–H groups in total. The van der Waals surface area contributed by atoms with E-state index in [0.29, 0.717) is 12.1 Å². The monoisotopic (exact) mass is 542 g/mol. The van der Waals surface area contributed by atoms with Gasteiger partial charge in [-0.3, -0.25) is 14.4 Å². The number of carbonyl (C=O) groups excluding carboxylic acids is 3. The maximum absolute atomic E-state index is 13.7. The standard InChI is InChI=1S/C27H26N2O5.CH4.2H2S/c30-21-11-7-17(8-12-21)14-22(27(33)29-13-3-6-24-25(29)23(31)16-34-24)28-26(32)20-10-9-18-4-1-2-5-19(18)15-20;;;/h1-2,4-5,7-12,15,22,24-25,30H,3,6,13-14,16H2,(H,28,32);1H4;2*1H2/t22-,24+,25+;;;/m0.../s1. The highest BCUT2D eigenvalue weighted by atomic mass is 32.1. The summed E-state index contributed by atoms with van der Waals surface area (Å²) in [4.78, 5) is 41.0. The molecule has 2 fully saturated rings. The normalized spacial score (nSPS) is 19.0. The number of fused-ring (bicyclic) bond motifs is 2. The van der Waals surface area contributed by atoms with Crippen molar-refractivity contribution in [2.75, 3.05) is 13.2 Å². The number of phenols is 1. The van der Waals surface area contributed by atoms with Crippen molar-refractivity contribution in [1.82, 2.24) is 10.2 Å². The minimum Gasteiger partial charge on any atom is -0.508 e. The highest BCUT2D eigenvalue weighted by Crippen LogP contribution is 2.27. The van der Waals surface area contributed by atoms with Crippen LogP contribution in [0.5, 0.6) is 5.75 Å². The number of amides is 2. The first kappa shape index (κ1) is 30.2. The van der Waals surface area contributed by atoms with E-state index >= 15 is 0 Å². The highest BCUT2D eigenvalue weighted by Gasteiger charge is 2.45. The number of ether oxygens (including phenoxy) is 1. The van der Waals surface area contributed by atoms with Crippen LogP contribution in [-0.2, 0) is 20.7 Å². The summed E-state index contributed by atoms with van der Waals surface area (Å²) in [6, 6.07) is 18.3. The Morgan fingerprint density at radius 2 is 1.73 bits per heavy atom. The molecule has 198 valence electrons. The fraction of sp³-hybridized carbons (Fsp3) is 0.321. The van der Waals surface area contributed by atoms with E-state index in [-0.39, 0.29) is 76.9 Å². The van der Waals surface area contributed by atoms with E-state index in [0.717, 1.165) is 29.2 Å². The van der Waals surface area contributed by atoms with Crippen LogP contribution >= 0.6 is 27.0 Å². The number of carbonyl (C=O) groups is 3. The lowest BCUT2D eigenvalue weighted by molar-refractivity contribution is -0.142. The lowest BCUT2D eigenvalue weighted by atomic mass is 9.95. The fourth-order valence-electron chi connectivity index (χ4n) is 4.88. The SMILES string of the molecule is C.O=C(N[C@@H](Cc1ccc(O)cc1)C(=O)N1CCC[C@H]2OCC(=O)[C@H]21)c1ccc2ccccc2c1.S.S. The molecule has 37 heavy (non-hydrogen) atoms. The van der Waals surface area contributed by atoms with Crippen molar-refractivity contribution in [1.29, 1.82) is 0 Å². The summed E-state index contributed by atoms with van der Waals surface area (Å²) in [6.07, 6.45) is 1.44. The Bertz CT molecular complexity index is 1250. The zero-order valence-corrected chi connectivity index (χ0v) is 21.6. The number of aromatic hydroxyl groups is 1. The summed E-state index contributed by atoms with van der Waals surface area (Å²) >= 11 is 0. The Hall–Kier alpha value is -3.01. The van der Waals surface area contributed by atoms with Gasteiger partial charge in [0.05, 0.1) is 6.10 Å². The molecule has 5 rings (SSSR count). The van der Waals surface area contributed by atoms with Gasteiger partial charge in [-0.15, -0.1) is 0 Å². The minimum absolute atomic E-state index is 0. The quantitative estimate of drug-likeness (QED) is 0.513. The molecule has 3 atom stereocenters. The van der Waals surface area contributed by atoms with Crippen LogP contribution in [0.2, 0.25) is 0 Å². The number of piperidine rings is 1. The van der Waals surface area contributed by atoms with Gasteiger partial charge in [0.15, 0.2) is 5.78 Å². The highest BCUT2D eigenvalue weighted by molar-refractivity contribution is 7.59. The Morgan fingerprint density at radius 3 is 2.46 bits per heavy atom. The third kappa shape index (κ3) is 6.47. The van der Waals surface area contributed by atoms with Crippen molar-refractivity contribution in [3.05, 3.63) is 77.9 Å². The number of phenolic OH excluding ortho intramolecular Hbond substituents is 1.